The summed E-state index contributed by atoms with van der Waals surface area (Å²) < 4.78 is 10.9. The smallest absolute Gasteiger partial charge is 0.119 e. The monoisotopic (exact) mass is 250 g/mol. The van der Waals surface area contributed by atoms with Crippen LogP contribution in [0, 0.1) is 5.92 Å². The number of aliphatic hydroxyl groups is 1. The molecule has 3 heteroatoms. The second-order valence-corrected chi connectivity index (χ2v) is 4.84. The van der Waals surface area contributed by atoms with Crippen LogP contribution in [0.2, 0.25) is 0 Å². The van der Waals surface area contributed by atoms with Crippen LogP contribution < -0.4 is 4.74 Å². The summed E-state index contributed by atoms with van der Waals surface area (Å²) in [5, 5.41) is 10.3. The van der Waals surface area contributed by atoms with Crippen LogP contribution in [-0.4, -0.2) is 24.9 Å². The molecule has 0 spiro atoms. The highest BCUT2D eigenvalue weighted by atomic mass is 16.5. The molecule has 1 fully saturated rings. The van der Waals surface area contributed by atoms with Crippen molar-refractivity contribution in [1.82, 2.24) is 0 Å². The van der Waals surface area contributed by atoms with Gasteiger partial charge in [-0.15, -0.1) is 0 Å². The van der Waals surface area contributed by atoms with Crippen molar-refractivity contribution in [3.05, 3.63) is 29.8 Å². The van der Waals surface area contributed by atoms with Crippen molar-refractivity contribution < 1.29 is 14.6 Å². The third-order valence-corrected chi connectivity index (χ3v) is 3.34. The molecular formula is C15H22O3. The molecule has 18 heavy (non-hydrogen) atoms. The number of aliphatic hydroxyl groups excluding tert-OH is 1. The summed E-state index contributed by atoms with van der Waals surface area (Å²) in [6.07, 6.45) is 2.66. The van der Waals surface area contributed by atoms with E-state index in [0.29, 0.717) is 6.61 Å². The molecule has 3 nitrogen and oxygen atoms in total. The molecule has 1 N–H and O–H groups in total. The maximum absolute atomic E-state index is 10.3. The zero-order valence-corrected chi connectivity index (χ0v) is 11.0. The molecule has 2 unspecified atom stereocenters. The Morgan fingerprint density at radius 1 is 1.39 bits per heavy atom. The van der Waals surface area contributed by atoms with Crippen molar-refractivity contribution in [2.45, 2.75) is 32.3 Å². The molecule has 0 saturated carbocycles. The van der Waals surface area contributed by atoms with Gasteiger partial charge in [-0.3, -0.25) is 0 Å². The van der Waals surface area contributed by atoms with Crippen molar-refractivity contribution in [1.29, 1.82) is 0 Å². The Kier molecular flexibility index (Phi) is 5.02. The second-order valence-electron chi connectivity index (χ2n) is 4.84. The fourth-order valence-corrected chi connectivity index (χ4v) is 2.27. The van der Waals surface area contributed by atoms with Crippen LogP contribution in [0.4, 0.5) is 0 Å². The standard InChI is InChI=1S/C15H22O3/c1-2-9-18-14-7-5-12(6-8-14)15(16)13-4-3-10-17-11-13/h5-8,13,15-16H,2-4,9-11H2,1H3. The summed E-state index contributed by atoms with van der Waals surface area (Å²) in [7, 11) is 0. The molecule has 2 atom stereocenters. The SMILES string of the molecule is CCCOc1ccc(C(O)C2CCCOC2)cc1. The van der Waals surface area contributed by atoms with E-state index in [0.717, 1.165) is 43.8 Å². The quantitative estimate of drug-likeness (QED) is 0.873. The third kappa shape index (κ3) is 3.47. The van der Waals surface area contributed by atoms with E-state index >= 15 is 0 Å². The molecule has 0 aliphatic carbocycles. The number of ether oxygens (including phenoxy) is 2. The van der Waals surface area contributed by atoms with Crippen LogP contribution in [0.3, 0.4) is 0 Å². The lowest BCUT2D eigenvalue weighted by molar-refractivity contribution is -0.00997. The van der Waals surface area contributed by atoms with Crippen molar-refractivity contribution in [2.75, 3.05) is 19.8 Å². The molecule has 1 heterocycles. The Bertz CT molecular complexity index is 341. The maximum atomic E-state index is 10.3. The number of rotatable bonds is 5. The molecule has 1 saturated heterocycles. The van der Waals surface area contributed by atoms with Gasteiger partial charge in [0.2, 0.25) is 0 Å². The molecule has 0 amide bonds. The lowest BCUT2D eigenvalue weighted by atomic mass is 9.91. The Balaban J connectivity index is 1.95. The lowest BCUT2D eigenvalue weighted by Crippen LogP contribution is -2.23. The predicted molar refractivity (Wildman–Crippen MR) is 70.7 cm³/mol. The number of hydrogen-bond acceptors (Lipinski definition) is 3. The highest BCUT2D eigenvalue weighted by Crippen LogP contribution is 2.29. The summed E-state index contributed by atoms with van der Waals surface area (Å²) in [5.41, 5.74) is 0.953. The topological polar surface area (TPSA) is 38.7 Å². The summed E-state index contributed by atoms with van der Waals surface area (Å²) in [6, 6.07) is 7.75. The fourth-order valence-electron chi connectivity index (χ4n) is 2.27. The van der Waals surface area contributed by atoms with E-state index in [1.165, 1.54) is 0 Å². The first kappa shape index (κ1) is 13.4. The van der Waals surface area contributed by atoms with Crippen LogP contribution in [-0.2, 0) is 4.74 Å². The van der Waals surface area contributed by atoms with E-state index in [1.807, 2.05) is 24.3 Å². The first-order valence-electron chi connectivity index (χ1n) is 6.80. The van der Waals surface area contributed by atoms with Crippen molar-refractivity contribution in [3.8, 4) is 5.75 Å². The maximum Gasteiger partial charge on any atom is 0.119 e. The highest BCUT2D eigenvalue weighted by molar-refractivity contribution is 5.28. The van der Waals surface area contributed by atoms with E-state index in [4.69, 9.17) is 9.47 Å². The normalized spacial score (nSPS) is 21.6. The van der Waals surface area contributed by atoms with Crippen molar-refractivity contribution in [2.24, 2.45) is 5.92 Å². The Morgan fingerprint density at radius 2 is 2.17 bits per heavy atom. The van der Waals surface area contributed by atoms with Gasteiger partial charge in [-0.1, -0.05) is 19.1 Å². The summed E-state index contributed by atoms with van der Waals surface area (Å²) in [6.45, 7) is 4.31. The Labute approximate surface area is 109 Å². The van der Waals surface area contributed by atoms with Gasteiger partial charge in [0, 0.05) is 12.5 Å². The Hall–Kier alpha value is -1.06. The average Bonchev–Trinajstić information content (AvgIpc) is 2.46. The largest absolute Gasteiger partial charge is 0.494 e. The minimum absolute atomic E-state index is 0.223. The van der Waals surface area contributed by atoms with Gasteiger partial charge in [-0.25, -0.2) is 0 Å². The van der Waals surface area contributed by atoms with Crippen molar-refractivity contribution in [3.63, 3.8) is 0 Å². The van der Waals surface area contributed by atoms with E-state index in [9.17, 15) is 5.11 Å². The molecule has 1 aliphatic heterocycles. The van der Waals surface area contributed by atoms with Gasteiger partial charge < -0.3 is 14.6 Å². The number of benzene rings is 1. The van der Waals surface area contributed by atoms with Gasteiger partial charge in [-0.05, 0) is 37.0 Å². The van der Waals surface area contributed by atoms with Gasteiger partial charge in [0.1, 0.15) is 5.75 Å². The first-order valence-corrected chi connectivity index (χ1v) is 6.80. The van der Waals surface area contributed by atoms with Crippen molar-refractivity contribution >= 4 is 0 Å². The van der Waals surface area contributed by atoms with Gasteiger partial charge in [0.05, 0.1) is 19.3 Å². The fraction of sp³-hybridized carbons (Fsp3) is 0.600. The second kappa shape index (κ2) is 6.76. The van der Waals surface area contributed by atoms with Gasteiger partial charge in [0.25, 0.3) is 0 Å². The third-order valence-electron chi connectivity index (χ3n) is 3.34. The average molecular weight is 250 g/mol. The molecule has 2 rings (SSSR count). The Morgan fingerprint density at radius 3 is 2.78 bits per heavy atom. The molecular weight excluding hydrogens is 228 g/mol. The number of hydrogen-bond donors (Lipinski definition) is 1. The van der Waals surface area contributed by atoms with E-state index < -0.39 is 6.10 Å². The summed E-state index contributed by atoms with van der Waals surface area (Å²) in [4.78, 5) is 0. The molecule has 0 bridgehead atoms. The van der Waals surface area contributed by atoms with Crippen LogP contribution in [0.25, 0.3) is 0 Å². The van der Waals surface area contributed by atoms with Crippen LogP contribution in [0.1, 0.15) is 37.9 Å². The molecule has 1 aromatic carbocycles. The minimum atomic E-state index is -0.425. The van der Waals surface area contributed by atoms with E-state index in [1.54, 1.807) is 0 Å². The minimum Gasteiger partial charge on any atom is -0.494 e. The van der Waals surface area contributed by atoms with Crippen LogP contribution in [0.5, 0.6) is 5.75 Å². The van der Waals surface area contributed by atoms with E-state index in [-0.39, 0.29) is 5.92 Å². The molecule has 100 valence electrons. The van der Waals surface area contributed by atoms with Gasteiger partial charge in [-0.2, -0.15) is 0 Å². The first-order chi connectivity index (χ1) is 8.81. The van der Waals surface area contributed by atoms with Gasteiger partial charge in [0.15, 0.2) is 0 Å². The zero-order chi connectivity index (χ0) is 12.8. The van der Waals surface area contributed by atoms with Crippen LogP contribution in [0.15, 0.2) is 24.3 Å². The lowest BCUT2D eigenvalue weighted by Gasteiger charge is -2.27. The summed E-state index contributed by atoms with van der Waals surface area (Å²) in [5.74, 6) is 1.09. The van der Waals surface area contributed by atoms with Crippen LogP contribution >= 0.6 is 0 Å². The van der Waals surface area contributed by atoms with Gasteiger partial charge >= 0.3 is 0 Å². The molecule has 1 aromatic rings. The predicted octanol–water partition coefficient (Wildman–Crippen LogP) is 2.94. The molecule has 0 aromatic heterocycles. The zero-order valence-electron chi connectivity index (χ0n) is 11.0. The molecule has 1 aliphatic rings. The summed E-state index contributed by atoms with van der Waals surface area (Å²) >= 11 is 0. The van der Waals surface area contributed by atoms with E-state index in [2.05, 4.69) is 6.92 Å². The highest BCUT2D eigenvalue weighted by Gasteiger charge is 2.23. The molecule has 0 radical (unpaired) electrons.